The van der Waals surface area contributed by atoms with E-state index in [2.05, 4.69) is 50.4 Å². The first-order valence-corrected chi connectivity index (χ1v) is 7.21. The van der Waals surface area contributed by atoms with E-state index in [0.717, 1.165) is 12.3 Å². The van der Waals surface area contributed by atoms with Gasteiger partial charge in [-0.15, -0.1) is 0 Å². The van der Waals surface area contributed by atoms with Crippen molar-refractivity contribution in [3.8, 4) is 5.75 Å². The minimum Gasteiger partial charge on any atom is -0.491 e. The number of hydrogen-bond donors (Lipinski definition) is 1. The summed E-state index contributed by atoms with van der Waals surface area (Å²) in [7, 11) is 0. The molecule has 1 aliphatic rings. The van der Waals surface area contributed by atoms with Gasteiger partial charge in [0.25, 0.3) is 0 Å². The van der Waals surface area contributed by atoms with Crippen molar-refractivity contribution in [1.29, 1.82) is 0 Å². The predicted octanol–water partition coefficient (Wildman–Crippen LogP) is 3.72. The molecule has 0 aliphatic heterocycles. The van der Waals surface area contributed by atoms with Crippen LogP contribution in [0.25, 0.3) is 0 Å². The van der Waals surface area contributed by atoms with E-state index in [1.807, 2.05) is 0 Å². The standard InChI is InChI=1S/C16H25NO/c1-4-17-15-10-7-9-13(15)14-8-5-6-11-16(14)18-12(2)3/h5-6,8,11-13,15,17H,4,7,9-10H2,1-3H3. The van der Waals surface area contributed by atoms with Gasteiger partial charge in [0.1, 0.15) is 5.75 Å². The predicted molar refractivity (Wildman–Crippen MR) is 76.3 cm³/mol. The highest BCUT2D eigenvalue weighted by atomic mass is 16.5. The van der Waals surface area contributed by atoms with Crippen molar-refractivity contribution in [3.05, 3.63) is 29.8 Å². The number of nitrogens with one attached hydrogen (secondary N) is 1. The minimum absolute atomic E-state index is 0.241. The zero-order valence-corrected chi connectivity index (χ0v) is 11.8. The van der Waals surface area contributed by atoms with Gasteiger partial charge in [-0.25, -0.2) is 0 Å². The van der Waals surface area contributed by atoms with Gasteiger partial charge in [0.05, 0.1) is 6.10 Å². The van der Waals surface area contributed by atoms with E-state index >= 15 is 0 Å². The quantitative estimate of drug-likeness (QED) is 0.856. The third-order valence-corrected chi connectivity index (χ3v) is 3.66. The molecule has 2 unspecified atom stereocenters. The Morgan fingerprint density at radius 2 is 2.06 bits per heavy atom. The molecule has 0 radical (unpaired) electrons. The van der Waals surface area contributed by atoms with Crippen LogP contribution >= 0.6 is 0 Å². The lowest BCUT2D eigenvalue weighted by atomic mass is 9.93. The molecule has 0 heterocycles. The summed E-state index contributed by atoms with van der Waals surface area (Å²) in [6.45, 7) is 7.42. The number of benzene rings is 1. The summed E-state index contributed by atoms with van der Waals surface area (Å²) in [5.74, 6) is 1.68. The fourth-order valence-corrected chi connectivity index (χ4v) is 2.99. The van der Waals surface area contributed by atoms with Crippen molar-refractivity contribution in [3.63, 3.8) is 0 Å². The second-order valence-electron chi connectivity index (χ2n) is 5.41. The van der Waals surface area contributed by atoms with Crippen molar-refractivity contribution >= 4 is 0 Å². The van der Waals surface area contributed by atoms with Gasteiger partial charge in [-0.05, 0) is 44.9 Å². The molecule has 0 amide bonds. The molecule has 18 heavy (non-hydrogen) atoms. The fraction of sp³-hybridized carbons (Fsp3) is 0.625. The SMILES string of the molecule is CCNC1CCCC1c1ccccc1OC(C)C. The van der Waals surface area contributed by atoms with Crippen LogP contribution in [-0.2, 0) is 0 Å². The Hall–Kier alpha value is -1.02. The molecule has 1 aromatic carbocycles. The van der Waals surface area contributed by atoms with Gasteiger partial charge in [-0.1, -0.05) is 31.5 Å². The van der Waals surface area contributed by atoms with Crippen LogP contribution in [0, 0.1) is 0 Å². The lowest BCUT2D eigenvalue weighted by Crippen LogP contribution is -2.31. The Kier molecular flexibility index (Phi) is 4.65. The number of hydrogen-bond acceptors (Lipinski definition) is 2. The van der Waals surface area contributed by atoms with E-state index < -0.39 is 0 Å². The zero-order chi connectivity index (χ0) is 13.0. The molecule has 2 atom stereocenters. The monoisotopic (exact) mass is 247 g/mol. The number of ether oxygens (including phenoxy) is 1. The van der Waals surface area contributed by atoms with Crippen molar-refractivity contribution in [2.45, 2.75) is 58.1 Å². The van der Waals surface area contributed by atoms with Crippen LogP contribution in [0.3, 0.4) is 0 Å². The molecule has 2 rings (SSSR count). The summed E-state index contributed by atoms with van der Waals surface area (Å²) in [6, 6.07) is 9.16. The average Bonchev–Trinajstić information content (AvgIpc) is 2.78. The third kappa shape index (κ3) is 3.05. The van der Waals surface area contributed by atoms with Crippen LogP contribution in [0.2, 0.25) is 0 Å². The van der Waals surface area contributed by atoms with E-state index in [1.165, 1.54) is 24.8 Å². The maximum Gasteiger partial charge on any atom is 0.123 e. The van der Waals surface area contributed by atoms with Gasteiger partial charge < -0.3 is 10.1 Å². The Morgan fingerprint density at radius 1 is 1.28 bits per heavy atom. The maximum atomic E-state index is 5.96. The summed E-state index contributed by atoms with van der Waals surface area (Å²) in [6.07, 6.45) is 4.12. The lowest BCUT2D eigenvalue weighted by molar-refractivity contribution is 0.237. The molecule has 1 fully saturated rings. The molecule has 0 spiro atoms. The molecule has 1 aliphatic carbocycles. The fourth-order valence-electron chi connectivity index (χ4n) is 2.99. The highest BCUT2D eigenvalue weighted by Crippen LogP contribution is 2.39. The van der Waals surface area contributed by atoms with Crippen LogP contribution in [0.1, 0.15) is 51.5 Å². The summed E-state index contributed by atoms with van der Waals surface area (Å²) >= 11 is 0. The van der Waals surface area contributed by atoms with E-state index in [0.29, 0.717) is 12.0 Å². The maximum absolute atomic E-state index is 5.96. The number of para-hydroxylation sites is 1. The molecule has 0 aromatic heterocycles. The summed E-state index contributed by atoms with van der Waals surface area (Å²) in [4.78, 5) is 0. The van der Waals surface area contributed by atoms with Gasteiger partial charge in [-0.2, -0.15) is 0 Å². The van der Waals surface area contributed by atoms with Crippen molar-refractivity contribution in [1.82, 2.24) is 5.32 Å². The van der Waals surface area contributed by atoms with Crippen LogP contribution in [0.15, 0.2) is 24.3 Å². The Bertz CT molecular complexity index is 375. The molecular weight excluding hydrogens is 222 g/mol. The van der Waals surface area contributed by atoms with Crippen LogP contribution in [0.4, 0.5) is 0 Å². The topological polar surface area (TPSA) is 21.3 Å². The summed E-state index contributed by atoms with van der Waals surface area (Å²) in [5.41, 5.74) is 1.38. The van der Waals surface area contributed by atoms with Crippen LogP contribution in [-0.4, -0.2) is 18.7 Å². The molecule has 2 heteroatoms. The minimum atomic E-state index is 0.241. The highest BCUT2D eigenvalue weighted by molar-refractivity contribution is 5.38. The lowest BCUT2D eigenvalue weighted by Gasteiger charge is -2.24. The first-order chi connectivity index (χ1) is 8.72. The molecule has 0 saturated heterocycles. The van der Waals surface area contributed by atoms with E-state index in [4.69, 9.17) is 4.74 Å². The highest BCUT2D eigenvalue weighted by Gasteiger charge is 2.29. The number of rotatable bonds is 5. The average molecular weight is 247 g/mol. The Labute approximate surface area is 111 Å². The molecular formula is C16H25NO. The Morgan fingerprint density at radius 3 is 2.78 bits per heavy atom. The molecule has 1 aromatic rings. The van der Waals surface area contributed by atoms with Crippen molar-refractivity contribution in [2.24, 2.45) is 0 Å². The van der Waals surface area contributed by atoms with E-state index in [-0.39, 0.29) is 6.10 Å². The van der Waals surface area contributed by atoms with Crippen molar-refractivity contribution < 1.29 is 4.74 Å². The largest absolute Gasteiger partial charge is 0.491 e. The van der Waals surface area contributed by atoms with E-state index in [1.54, 1.807) is 0 Å². The second-order valence-corrected chi connectivity index (χ2v) is 5.41. The first-order valence-electron chi connectivity index (χ1n) is 7.21. The van der Waals surface area contributed by atoms with Crippen LogP contribution in [0.5, 0.6) is 5.75 Å². The van der Waals surface area contributed by atoms with Gasteiger partial charge >= 0.3 is 0 Å². The van der Waals surface area contributed by atoms with Gasteiger partial charge in [0.2, 0.25) is 0 Å². The van der Waals surface area contributed by atoms with Gasteiger partial charge in [0.15, 0.2) is 0 Å². The molecule has 1 saturated carbocycles. The molecule has 1 N–H and O–H groups in total. The zero-order valence-electron chi connectivity index (χ0n) is 11.8. The van der Waals surface area contributed by atoms with Crippen LogP contribution < -0.4 is 10.1 Å². The van der Waals surface area contributed by atoms with Crippen molar-refractivity contribution in [2.75, 3.05) is 6.54 Å². The van der Waals surface area contributed by atoms with E-state index in [9.17, 15) is 0 Å². The third-order valence-electron chi connectivity index (χ3n) is 3.66. The smallest absolute Gasteiger partial charge is 0.123 e. The molecule has 100 valence electrons. The normalized spacial score (nSPS) is 23.6. The molecule has 2 nitrogen and oxygen atoms in total. The summed E-state index contributed by atoms with van der Waals surface area (Å²) < 4.78 is 5.96. The Balaban J connectivity index is 2.20. The van der Waals surface area contributed by atoms with Gasteiger partial charge in [0, 0.05) is 12.0 Å². The van der Waals surface area contributed by atoms with Gasteiger partial charge in [-0.3, -0.25) is 0 Å². The molecule has 0 bridgehead atoms. The first kappa shape index (κ1) is 13.4. The second kappa shape index (κ2) is 6.24. The number of likely N-dealkylation sites (N-methyl/N-ethyl adjacent to an activating group) is 1. The summed E-state index contributed by atoms with van der Waals surface area (Å²) in [5, 5.41) is 3.62.